The second kappa shape index (κ2) is 7.17. The van der Waals surface area contributed by atoms with E-state index in [9.17, 15) is 4.79 Å². The van der Waals surface area contributed by atoms with Crippen LogP contribution in [0.4, 0.5) is 0 Å². The Balaban J connectivity index is 1.56. The lowest BCUT2D eigenvalue weighted by Crippen LogP contribution is -2.24. The number of nitrogens with one attached hydrogen (secondary N) is 1. The van der Waals surface area contributed by atoms with E-state index in [-0.39, 0.29) is 12.5 Å². The van der Waals surface area contributed by atoms with Crippen molar-refractivity contribution in [2.24, 2.45) is 0 Å². The molecule has 0 spiro atoms. The summed E-state index contributed by atoms with van der Waals surface area (Å²) in [6.07, 6.45) is 0. The zero-order chi connectivity index (χ0) is 18.8. The molecular weight excluding hydrogens is 362 g/mol. The number of fused-ring (bicyclic) bond motifs is 1. The number of rotatable bonds is 4. The van der Waals surface area contributed by atoms with E-state index < -0.39 is 0 Å². The molecule has 0 bridgehead atoms. The van der Waals surface area contributed by atoms with E-state index in [0.29, 0.717) is 22.1 Å². The van der Waals surface area contributed by atoms with Gasteiger partial charge in [0.1, 0.15) is 0 Å². The molecule has 1 amide bonds. The van der Waals surface area contributed by atoms with Gasteiger partial charge in [-0.3, -0.25) is 4.79 Å². The first kappa shape index (κ1) is 17.2. The van der Waals surface area contributed by atoms with E-state index in [1.165, 1.54) is 5.56 Å². The first-order chi connectivity index (χ1) is 13.1. The topological polar surface area (TPSA) is 72.2 Å². The average Bonchev–Trinajstić information content (AvgIpc) is 3.09. The van der Waals surface area contributed by atoms with Crippen molar-refractivity contribution in [2.45, 2.75) is 13.5 Å². The van der Waals surface area contributed by atoms with E-state index in [4.69, 9.17) is 11.6 Å². The van der Waals surface area contributed by atoms with Crippen LogP contribution in [0.3, 0.4) is 0 Å². The predicted molar refractivity (Wildman–Crippen MR) is 104 cm³/mol. The standard InChI is InChI=1S/C20H16ClN5O/c1-13-2-4-14(5-3-13)17-10-11-18-23-24-19(26(18)25-17)12-22-20(27)15-6-8-16(21)9-7-15/h2-11H,12H2,1H3,(H,22,27). The summed E-state index contributed by atoms with van der Waals surface area (Å²) in [5, 5.41) is 16.3. The van der Waals surface area contributed by atoms with Crippen LogP contribution in [-0.2, 0) is 6.54 Å². The number of aromatic nitrogens is 4. The van der Waals surface area contributed by atoms with Crippen LogP contribution in [0.25, 0.3) is 16.9 Å². The molecule has 134 valence electrons. The summed E-state index contributed by atoms with van der Waals surface area (Å²) >= 11 is 5.85. The van der Waals surface area contributed by atoms with Crippen LogP contribution in [-0.4, -0.2) is 25.7 Å². The van der Waals surface area contributed by atoms with Gasteiger partial charge in [-0.05, 0) is 43.3 Å². The summed E-state index contributed by atoms with van der Waals surface area (Å²) < 4.78 is 1.65. The molecule has 4 aromatic rings. The molecule has 2 heterocycles. The molecule has 0 unspecified atom stereocenters. The molecule has 0 aliphatic rings. The van der Waals surface area contributed by atoms with E-state index in [1.54, 1.807) is 28.8 Å². The summed E-state index contributed by atoms with van der Waals surface area (Å²) in [6.45, 7) is 2.26. The zero-order valence-electron chi connectivity index (χ0n) is 14.6. The van der Waals surface area contributed by atoms with Crippen LogP contribution in [0, 0.1) is 6.92 Å². The molecule has 6 nitrogen and oxygen atoms in total. The number of aryl methyl sites for hydroxylation is 1. The number of amides is 1. The number of carbonyl (C=O) groups excluding carboxylic acids is 1. The van der Waals surface area contributed by atoms with Crippen molar-refractivity contribution in [3.8, 4) is 11.3 Å². The van der Waals surface area contributed by atoms with Crippen LogP contribution in [0.1, 0.15) is 21.7 Å². The van der Waals surface area contributed by atoms with Crippen LogP contribution < -0.4 is 5.32 Å². The monoisotopic (exact) mass is 377 g/mol. The van der Waals surface area contributed by atoms with Gasteiger partial charge >= 0.3 is 0 Å². The lowest BCUT2D eigenvalue weighted by Gasteiger charge is -2.06. The summed E-state index contributed by atoms with van der Waals surface area (Å²) in [6, 6.07) is 18.6. The van der Waals surface area contributed by atoms with Gasteiger partial charge in [-0.15, -0.1) is 10.2 Å². The van der Waals surface area contributed by atoms with Gasteiger partial charge in [-0.25, -0.2) is 0 Å². The number of hydrogen-bond donors (Lipinski definition) is 1. The average molecular weight is 378 g/mol. The summed E-state index contributed by atoms with van der Waals surface area (Å²) in [5.41, 5.74) is 4.16. The van der Waals surface area contributed by atoms with Gasteiger partial charge in [0, 0.05) is 16.1 Å². The van der Waals surface area contributed by atoms with Gasteiger partial charge < -0.3 is 5.32 Å². The van der Waals surface area contributed by atoms with Crippen LogP contribution in [0.2, 0.25) is 5.02 Å². The number of hydrogen-bond acceptors (Lipinski definition) is 4. The number of nitrogens with zero attached hydrogens (tertiary/aromatic N) is 4. The van der Waals surface area contributed by atoms with Crippen molar-refractivity contribution in [2.75, 3.05) is 0 Å². The van der Waals surface area contributed by atoms with Crippen molar-refractivity contribution in [1.82, 2.24) is 25.1 Å². The zero-order valence-corrected chi connectivity index (χ0v) is 15.3. The Labute approximate surface area is 160 Å². The number of carbonyl (C=O) groups is 1. The molecule has 0 aliphatic carbocycles. The molecule has 0 saturated heterocycles. The quantitative estimate of drug-likeness (QED) is 0.588. The Morgan fingerprint density at radius 3 is 2.48 bits per heavy atom. The van der Waals surface area contributed by atoms with Crippen LogP contribution in [0.15, 0.2) is 60.7 Å². The summed E-state index contributed by atoms with van der Waals surface area (Å²) in [5.74, 6) is 0.347. The Kier molecular flexibility index (Phi) is 4.56. The third-order valence-corrected chi connectivity index (χ3v) is 4.44. The minimum atomic E-state index is -0.210. The first-order valence-electron chi connectivity index (χ1n) is 8.42. The van der Waals surface area contributed by atoms with Crippen molar-refractivity contribution >= 4 is 23.2 Å². The van der Waals surface area contributed by atoms with Gasteiger partial charge in [0.25, 0.3) is 5.91 Å². The molecule has 2 aromatic carbocycles. The molecule has 1 N–H and O–H groups in total. The normalized spacial score (nSPS) is 10.9. The van der Waals surface area contributed by atoms with Gasteiger partial charge in [-0.2, -0.15) is 9.61 Å². The van der Waals surface area contributed by atoms with E-state index >= 15 is 0 Å². The lowest BCUT2D eigenvalue weighted by atomic mass is 10.1. The van der Waals surface area contributed by atoms with Crippen molar-refractivity contribution < 1.29 is 4.79 Å². The third-order valence-electron chi connectivity index (χ3n) is 4.19. The molecule has 0 radical (unpaired) electrons. The minimum absolute atomic E-state index is 0.210. The number of halogens is 1. The molecule has 4 rings (SSSR count). The SMILES string of the molecule is Cc1ccc(-c2ccc3nnc(CNC(=O)c4ccc(Cl)cc4)n3n2)cc1. The van der Waals surface area contributed by atoms with Crippen LogP contribution in [0.5, 0.6) is 0 Å². The molecule has 27 heavy (non-hydrogen) atoms. The molecular formula is C20H16ClN5O. The Morgan fingerprint density at radius 2 is 1.74 bits per heavy atom. The molecule has 0 saturated carbocycles. The Morgan fingerprint density at radius 1 is 1.00 bits per heavy atom. The molecule has 7 heteroatoms. The van der Waals surface area contributed by atoms with Gasteiger partial charge in [0.2, 0.25) is 0 Å². The van der Waals surface area contributed by atoms with Crippen molar-refractivity contribution in [1.29, 1.82) is 0 Å². The highest BCUT2D eigenvalue weighted by atomic mass is 35.5. The molecule has 0 atom stereocenters. The van der Waals surface area contributed by atoms with Gasteiger partial charge in [0.15, 0.2) is 11.5 Å². The minimum Gasteiger partial charge on any atom is -0.345 e. The second-order valence-corrected chi connectivity index (χ2v) is 6.60. The maximum absolute atomic E-state index is 12.3. The smallest absolute Gasteiger partial charge is 0.251 e. The maximum Gasteiger partial charge on any atom is 0.251 e. The van der Waals surface area contributed by atoms with Crippen LogP contribution >= 0.6 is 11.6 Å². The third kappa shape index (κ3) is 3.66. The Hall–Kier alpha value is -3.25. The summed E-state index contributed by atoms with van der Waals surface area (Å²) in [7, 11) is 0. The fraction of sp³-hybridized carbons (Fsp3) is 0.100. The lowest BCUT2D eigenvalue weighted by molar-refractivity contribution is 0.0949. The first-order valence-corrected chi connectivity index (χ1v) is 8.80. The highest BCUT2D eigenvalue weighted by Crippen LogP contribution is 2.18. The largest absolute Gasteiger partial charge is 0.345 e. The summed E-state index contributed by atoms with van der Waals surface area (Å²) in [4.78, 5) is 12.3. The van der Waals surface area contributed by atoms with Gasteiger partial charge in [-0.1, -0.05) is 41.4 Å². The van der Waals surface area contributed by atoms with E-state index in [0.717, 1.165) is 11.3 Å². The molecule has 0 aliphatic heterocycles. The number of benzene rings is 2. The van der Waals surface area contributed by atoms with Crippen molar-refractivity contribution in [3.05, 3.63) is 82.6 Å². The molecule has 0 fully saturated rings. The fourth-order valence-electron chi connectivity index (χ4n) is 2.68. The van der Waals surface area contributed by atoms with E-state index in [1.807, 2.05) is 43.3 Å². The predicted octanol–water partition coefficient (Wildman–Crippen LogP) is 3.68. The van der Waals surface area contributed by atoms with E-state index in [2.05, 4.69) is 20.6 Å². The second-order valence-electron chi connectivity index (χ2n) is 6.16. The fourth-order valence-corrected chi connectivity index (χ4v) is 2.81. The highest BCUT2D eigenvalue weighted by Gasteiger charge is 2.11. The molecule has 2 aromatic heterocycles. The van der Waals surface area contributed by atoms with Gasteiger partial charge in [0.05, 0.1) is 12.2 Å². The highest BCUT2D eigenvalue weighted by molar-refractivity contribution is 6.30. The maximum atomic E-state index is 12.3. The van der Waals surface area contributed by atoms with Crippen molar-refractivity contribution in [3.63, 3.8) is 0 Å². The Bertz CT molecular complexity index is 1100.